The molecule has 94 valence electrons. The molecule has 0 bridgehead atoms. The topological polar surface area (TPSA) is 35.5 Å². The van der Waals surface area contributed by atoms with Gasteiger partial charge in [0.2, 0.25) is 0 Å². The van der Waals surface area contributed by atoms with Crippen molar-refractivity contribution in [1.82, 2.24) is 10.2 Å². The average molecular weight is 226 g/mol. The first-order valence-corrected chi connectivity index (χ1v) is 6.83. The molecule has 0 radical (unpaired) electrons. The van der Waals surface area contributed by atoms with E-state index >= 15 is 0 Å². The van der Waals surface area contributed by atoms with E-state index in [4.69, 9.17) is 0 Å². The first-order valence-electron chi connectivity index (χ1n) is 6.83. The Balaban J connectivity index is 1.66. The molecule has 0 aromatic rings. The van der Waals surface area contributed by atoms with Gasteiger partial charge < -0.3 is 15.3 Å². The molecule has 1 atom stereocenters. The molecule has 3 heteroatoms. The second-order valence-electron chi connectivity index (χ2n) is 5.69. The SMILES string of the molecule is CN1CCCC1CNCC1(O)CCCCC1. The van der Waals surface area contributed by atoms with Crippen LogP contribution in [0.4, 0.5) is 0 Å². The Morgan fingerprint density at radius 1 is 1.25 bits per heavy atom. The van der Waals surface area contributed by atoms with Crippen LogP contribution in [0.1, 0.15) is 44.9 Å². The summed E-state index contributed by atoms with van der Waals surface area (Å²) in [7, 11) is 2.20. The number of nitrogens with zero attached hydrogens (tertiary/aromatic N) is 1. The highest BCUT2D eigenvalue weighted by Crippen LogP contribution is 2.27. The molecule has 2 N–H and O–H groups in total. The maximum atomic E-state index is 10.3. The number of hydrogen-bond donors (Lipinski definition) is 2. The lowest BCUT2D eigenvalue weighted by molar-refractivity contribution is 0.00414. The van der Waals surface area contributed by atoms with Crippen molar-refractivity contribution in [2.45, 2.75) is 56.6 Å². The normalized spacial score (nSPS) is 30.8. The van der Waals surface area contributed by atoms with Crippen molar-refractivity contribution in [1.29, 1.82) is 0 Å². The highest BCUT2D eigenvalue weighted by atomic mass is 16.3. The molecule has 1 saturated carbocycles. The Hall–Kier alpha value is -0.120. The molecule has 2 rings (SSSR count). The lowest BCUT2D eigenvalue weighted by Gasteiger charge is -2.33. The third kappa shape index (κ3) is 3.19. The number of nitrogens with one attached hydrogen (secondary N) is 1. The zero-order valence-electron chi connectivity index (χ0n) is 10.5. The third-order valence-electron chi connectivity index (χ3n) is 4.29. The zero-order chi connectivity index (χ0) is 11.4. The Morgan fingerprint density at radius 3 is 2.62 bits per heavy atom. The molecule has 0 aromatic heterocycles. The molecule has 2 fully saturated rings. The lowest BCUT2D eigenvalue weighted by atomic mass is 9.85. The molecule has 0 aromatic carbocycles. The van der Waals surface area contributed by atoms with E-state index in [0.29, 0.717) is 6.04 Å². The molecule has 2 aliphatic rings. The van der Waals surface area contributed by atoms with Crippen LogP contribution in [0.3, 0.4) is 0 Å². The summed E-state index contributed by atoms with van der Waals surface area (Å²) >= 11 is 0. The summed E-state index contributed by atoms with van der Waals surface area (Å²) in [5, 5.41) is 13.8. The van der Waals surface area contributed by atoms with E-state index in [1.807, 2.05) is 0 Å². The summed E-state index contributed by atoms with van der Waals surface area (Å²) in [6.45, 7) is 3.06. The molecule has 1 heterocycles. The van der Waals surface area contributed by atoms with Crippen molar-refractivity contribution in [2.75, 3.05) is 26.7 Å². The van der Waals surface area contributed by atoms with Gasteiger partial charge in [0.25, 0.3) is 0 Å². The summed E-state index contributed by atoms with van der Waals surface area (Å²) in [5.74, 6) is 0. The predicted molar refractivity (Wildman–Crippen MR) is 66.6 cm³/mol. The summed E-state index contributed by atoms with van der Waals surface area (Å²) in [4.78, 5) is 2.43. The van der Waals surface area contributed by atoms with Gasteiger partial charge in [0.15, 0.2) is 0 Å². The molecule has 1 saturated heterocycles. The average Bonchev–Trinajstić information content (AvgIpc) is 2.65. The fourth-order valence-electron chi connectivity index (χ4n) is 3.10. The lowest BCUT2D eigenvalue weighted by Crippen LogP contribution is -2.45. The van der Waals surface area contributed by atoms with Crippen LogP contribution in [-0.4, -0.2) is 48.3 Å². The van der Waals surface area contributed by atoms with E-state index in [0.717, 1.165) is 25.9 Å². The van der Waals surface area contributed by atoms with Gasteiger partial charge in [-0.3, -0.25) is 0 Å². The van der Waals surface area contributed by atoms with Crippen molar-refractivity contribution in [3.8, 4) is 0 Å². The second-order valence-corrected chi connectivity index (χ2v) is 5.69. The molecule has 1 aliphatic carbocycles. The van der Waals surface area contributed by atoms with Crippen LogP contribution >= 0.6 is 0 Å². The van der Waals surface area contributed by atoms with Crippen LogP contribution in [0, 0.1) is 0 Å². The molecule has 3 nitrogen and oxygen atoms in total. The Kier molecular flexibility index (Phi) is 4.22. The minimum atomic E-state index is -0.407. The van der Waals surface area contributed by atoms with Gasteiger partial charge in [-0.05, 0) is 39.3 Å². The first-order chi connectivity index (χ1) is 7.70. The number of rotatable bonds is 4. The molecule has 0 amide bonds. The fraction of sp³-hybridized carbons (Fsp3) is 1.00. The monoisotopic (exact) mass is 226 g/mol. The van der Waals surface area contributed by atoms with Crippen LogP contribution in [0.25, 0.3) is 0 Å². The van der Waals surface area contributed by atoms with Crippen molar-refractivity contribution in [3.05, 3.63) is 0 Å². The van der Waals surface area contributed by atoms with Gasteiger partial charge in [-0.15, -0.1) is 0 Å². The Bertz CT molecular complexity index is 214. The summed E-state index contributed by atoms with van der Waals surface area (Å²) in [5.41, 5.74) is -0.407. The number of hydrogen-bond acceptors (Lipinski definition) is 3. The minimum absolute atomic E-state index is 0.407. The van der Waals surface area contributed by atoms with Crippen LogP contribution in [0.15, 0.2) is 0 Å². The van der Waals surface area contributed by atoms with Gasteiger partial charge in [-0.25, -0.2) is 0 Å². The van der Waals surface area contributed by atoms with E-state index < -0.39 is 5.60 Å². The molecule has 1 aliphatic heterocycles. The number of likely N-dealkylation sites (tertiary alicyclic amines) is 1. The van der Waals surface area contributed by atoms with E-state index in [1.165, 1.54) is 38.6 Å². The van der Waals surface area contributed by atoms with E-state index in [1.54, 1.807) is 0 Å². The smallest absolute Gasteiger partial charge is 0.0771 e. The fourth-order valence-corrected chi connectivity index (χ4v) is 3.10. The van der Waals surface area contributed by atoms with Crippen LogP contribution < -0.4 is 5.32 Å². The maximum Gasteiger partial charge on any atom is 0.0771 e. The largest absolute Gasteiger partial charge is 0.389 e. The predicted octanol–water partition coefficient (Wildman–Crippen LogP) is 1.37. The molecular weight excluding hydrogens is 200 g/mol. The first kappa shape index (κ1) is 12.3. The van der Waals surface area contributed by atoms with Crippen molar-refractivity contribution < 1.29 is 5.11 Å². The van der Waals surface area contributed by atoms with Crippen LogP contribution in [0.5, 0.6) is 0 Å². The van der Waals surface area contributed by atoms with Gasteiger partial charge in [0, 0.05) is 19.1 Å². The van der Waals surface area contributed by atoms with Crippen molar-refractivity contribution in [2.24, 2.45) is 0 Å². The van der Waals surface area contributed by atoms with Crippen molar-refractivity contribution >= 4 is 0 Å². The quantitative estimate of drug-likeness (QED) is 0.760. The number of aliphatic hydroxyl groups is 1. The molecular formula is C13H26N2O. The molecule has 16 heavy (non-hydrogen) atoms. The van der Waals surface area contributed by atoms with Crippen molar-refractivity contribution in [3.63, 3.8) is 0 Å². The standard InChI is InChI=1S/C13H26N2O/c1-15-9-5-6-12(15)10-14-11-13(16)7-3-2-4-8-13/h12,14,16H,2-11H2,1H3. The molecule has 0 spiro atoms. The van der Waals surface area contributed by atoms with Gasteiger partial charge >= 0.3 is 0 Å². The third-order valence-corrected chi connectivity index (χ3v) is 4.29. The van der Waals surface area contributed by atoms with Crippen LogP contribution in [0.2, 0.25) is 0 Å². The summed E-state index contributed by atoms with van der Waals surface area (Å²) in [6.07, 6.45) is 8.30. The zero-order valence-corrected chi connectivity index (χ0v) is 10.5. The maximum absolute atomic E-state index is 10.3. The molecule has 1 unspecified atom stereocenters. The minimum Gasteiger partial charge on any atom is -0.389 e. The Labute approximate surface area is 99.2 Å². The van der Waals surface area contributed by atoms with E-state index in [-0.39, 0.29) is 0 Å². The Morgan fingerprint density at radius 2 is 2.00 bits per heavy atom. The highest BCUT2D eigenvalue weighted by molar-refractivity contribution is 4.86. The van der Waals surface area contributed by atoms with Gasteiger partial charge in [0.05, 0.1) is 5.60 Å². The number of likely N-dealkylation sites (N-methyl/N-ethyl adjacent to an activating group) is 1. The summed E-state index contributed by atoms with van der Waals surface area (Å²) < 4.78 is 0. The van der Waals surface area contributed by atoms with Gasteiger partial charge in [-0.1, -0.05) is 19.3 Å². The van der Waals surface area contributed by atoms with E-state index in [2.05, 4.69) is 17.3 Å². The van der Waals surface area contributed by atoms with Crippen LogP contribution in [-0.2, 0) is 0 Å². The van der Waals surface area contributed by atoms with Gasteiger partial charge in [-0.2, -0.15) is 0 Å². The summed E-state index contributed by atoms with van der Waals surface area (Å²) in [6, 6.07) is 0.687. The highest BCUT2D eigenvalue weighted by Gasteiger charge is 2.29. The van der Waals surface area contributed by atoms with E-state index in [9.17, 15) is 5.11 Å². The van der Waals surface area contributed by atoms with Gasteiger partial charge in [0.1, 0.15) is 0 Å². The second kappa shape index (κ2) is 5.48.